The number of benzene rings is 1. The molecule has 0 fully saturated rings. The smallest absolute Gasteiger partial charge is 0.252 e. The summed E-state index contributed by atoms with van der Waals surface area (Å²) in [5, 5.41) is 13.2. The van der Waals surface area contributed by atoms with Crippen LogP contribution in [-0.4, -0.2) is 17.8 Å². The SMILES string of the molecule is C=C(C)c1nc(C#N)c(N/N=C/c2cccc(OCCCCC)c2)o1. The molecule has 0 aliphatic carbocycles. The number of rotatable bonds is 9. The van der Waals surface area contributed by atoms with E-state index in [1.165, 1.54) is 6.42 Å². The Balaban J connectivity index is 1.98. The fourth-order valence-corrected chi connectivity index (χ4v) is 2.05. The number of hydrogen-bond donors (Lipinski definition) is 1. The quantitative estimate of drug-likeness (QED) is 0.410. The number of oxazole rings is 1. The Morgan fingerprint density at radius 1 is 1.48 bits per heavy atom. The van der Waals surface area contributed by atoms with Crippen molar-refractivity contribution >= 4 is 17.7 Å². The molecule has 0 amide bonds. The van der Waals surface area contributed by atoms with E-state index in [1.807, 2.05) is 30.3 Å². The molecule has 0 saturated heterocycles. The molecule has 0 saturated carbocycles. The highest BCUT2D eigenvalue weighted by Gasteiger charge is 2.12. The second-order valence-electron chi connectivity index (χ2n) is 5.59. The highest BCUT2D eigenvalue weighted by atomic mass is 16.5. The molecule has 0 bridgehead atoms. The maximum absolute atomic E-state index is 9.08. The van der Waals surface area contributed by atoms with Crippen molar-refractivity contribution in [3.63, 3.8) is 0 Å². The van der Waals surface area contributed by atoms with Crippen LogP contribution in [0.5, 0.6) is 5.75 Å². The molecule has 1 heterocycles. The Bertz CT molecular complexity index is 787. The molecule has 0 aliphatic rings. The van der Waals surface area contributed by atoms with Crippen molar-refractivity contribution in [2.75, 3.05) is 12.0 Å². The largest absolute Gasteiger partial charge is 0.494 e. The van der Waals surface area contributed by atoms with Crippen LogP contribution in [0.3, 0.4) is 0 Å². The van der Waals surface area contributed by atoms with Crippen LogP contribution in [0, 0.1) is 11.3 Å². The van der Waals surface area contributed by atoms with Gasteiger partial charge < -0.3 is 9.15 Å². The Hall–Kier alpha value is -3.07. The summed E-state index contributed by atoms with van der Waals surface area (Å²) in [7, 11) is 0. The predicted molar refractivity (Wildman–Crippen MR) is 98.6 cm³/mol. The number of nitriles is 1. The third-order valence-electron chi connectivity index (χ3n) is 3.35. The number of hydrazone groups is 1. The van der Waals surface area contributed by atoms with Crippen molar-refractivity contribution in [2.24, 2.45) is 5.10 Å². The molecule has 6 heteroatoms. The van der Waals surface area contributed by atoms with E-state index in [4.69, 9.17) is 14.4 Å². The summed E-state index contributed by atoms with van der Waals surface area (Å²) < 4.78 is 11.1. The molecule has 0 spiro atoms. The van der Waals surface area contributed by atoms with E-state index in [0.29, 0.717) is 18.1 Å². The van der Waals surface area contributed by atoms with Gasteiger partial charge in [0.25, 0.3) is 5.88 Å². The monoisotopic (exact) mass is 338 g/mol. The Kier molecular flexibility index (Phi) is 6.78. The molecule has 1 aromatic carbocycles. The van der Waals surface area contributed by atoms with Crippen molar-refractivity contribution in [3.8, 4) is 11.8 Å². The van der Waals surface area contributed by atoms with E-state index in [1.54, 1.807) is 13.1 Å². The first-order valence-corrected chi connectivity index (χ1v) is 8.22. The van der Waals surface area contributed by atoms with Crippen LogP contribution in [0.2, 0.25) is 0 Å². The lowest BCUT2D eigenvalue weighted by Crippen LogP contribution is -1.97. The summed E-state index contributed by atoms with van der Waals surface area (Å²) in [5.41, 5.74) is 4.36. The maximum atomic E-state index is 9.08. The Morgan fingerprint density at radius 3 is 3.04 bits per heavy atom. The molecule has 0 unspecified atom stereocenters. The number of allylic oxidation sites excluding steroid dienone is 1. The molecule has 25 heavy (non-hydrogen) atoms. The number of aromatic nitrogens is 1. The first-order chi connectivity index (χ1) is 12.1. The summed E-state index contributed by atoms with van der Waals surface area (Å²) >= 11 is 0. The molecular weight excluding hydrogens is 316 g/mol. The van der Waals surface area contributed by atoms with Crippen LogP contribution in [0.4, 0.5) is 5.88 Å². The van der Waals surface area contributed by atoms with Crippen LogP contribution in [0.1, 0.15) is 50.3 Å². The number of anilines is 1. The lowest BCUT2D eigenvalue weighted by molar-refractivity contribution is 0.306. The van der Waals surface area contributed by atoms with E-state index < -0.39 is 0 Å². The Labute approximate surface area is 147 Å². The molecule has 0 radical (unpaired) electrons. The number of hydrogen-bond acceptors (Lipinski definition) is 6. The lowest BCUT2D eigenvalue weighted by Gasteiger charge is -2.06. The molecule has 1 N–H and O–H groups in total. The molecule has 2 rings (SSSR count). The van der Waals surface area contributed by atoms with Crippen LogP contribution in [0.25, 0.3) is 5.57 Å². The first-order valence-electron chi connectivity index (χ1n) is 8.22. The number of nitrogens with zero attached hydrogens (tertiary/aromatic N) is 3. The third kappa shape index (κ3) is 5.50. The average Bonchev–Trinajstić information content (AvgIpc) is 3.03. The van der Waals surface area contributed by atoms with Crippen LogP contribution < -0.4 is 10.2 Å². The van der Waals surface area contributed by atoms with Crippen molar-refractivity contribution in [1.82, 2.24) is 4.98 Å². The average molecular weight is 338 g/mol. The van der Waals surface area contributed by atoms with E-state index in [-0.39, 0.29) is 11.6 Å². The van der Waals surface area contributed by atoms with E-state index in [0.717, 1.165) is 24.2 Å². The van der Waals surface area contributed by atoms with Crippen molar-refractivity contribution in [3.05, 3.63) is 48.0 Å². The normalized spacial score (nSPS) is 10.6. The molecule has 1 aromatic heterocycles. The van der Waals surface area contributed by atoms with Crippen molar-refractivity contribution < 1.29 is 9.15 Å². The van der Waals surface area contributed by atoms with Gasteiger partial charge in [-0.15, -0.1) is 0 Å². The second-order valence-corrected chi connectivity index (χ2v) is 5.59. The van der Waals surface area contributed by atoms with Gasteiger partial charge >= 0.3 is 0 Å². The molecule has 0 aliphatic heterocycles. The van der Waals surface area contributed by atoms with Crippen molar-refractivity contribution in [1.29, 1.82) is 5.26 Å². The van der Waals surface area contributed by atoms with Gasteiger partial charge in [0.1, 0.15) is 11.8 Å². The van der Waals surface area contributed by atoms with Gasteiger partial charge in [-0.1, -0.05) is 38.5 Å². The summed E-state index contributed by atoms with van der Waals surface area (Å²) in [4.78, 5) is 4.03. The molecule has 130 valence electrons. The zero-order chi connectivity index (χ0) is 18.1. The van der Waals surface area contributed by atoms with Gasteiger partial charge in [-0.2, -0.15) is 15.3 Å². The summed E-state index contributed by atoms with van der Waals surface area (Å²) in [6.45, 7) is 8.37. The van der Waals surface area contributed by atoms with Gasteiger partial charge in [-0.05, 0) is 31.0 Å². The van der Waals surface area contributed by atoms with Crippen LogP contribution in [-0.2, 0) is 0 Å². The highest BCUT2D eigenvalue weighted by Crippen LogP contribution is 2.20. The fourth-order valence-electron chi connectivity index (χ4n) is 2.05. The number of unbranched alkanes of at least 4 members (excludes halogenated alkanes) is 2. The van der Waals surface area contributed by atoms with Gasteiger partial charge in [0.05, 0.1) is 12.8 Å². The number of nitrogens with one attached hydrogen (secondary N) is 1. The molecule has 6 nitrogen and oxygen atoms in total. The van der Waals surface area contributed by atoms with E-state index >= 15 is 0 Å². The Morgan fingerprint density at radius 2 is 2.32 bits per heavy atom. The third-order valence-corrected chi connectivity index (χ3v) is 3.35. The standard InChI is InChI=1S/C19H22N4O2/c1-4-5-6-10-24-16-9-7-8-15(11-16)13-21-23-19-17(12-20)22-18(25-19)14(2)3/h7-9,11,13,23H,2,4-6,10H2,1,3H3/b21-13+. The van der Waals surface area contributed by atoms with Gasteiger partial charge in [0.2, 0.25) is 11.6 Å². The summed E-state index contributed by atoms with van der Waals surface area (Å²) in [6, 6.07) is 9.60. The maximum Gasteiger partial charge on any atom is 0.252 e. The minimum atomic E-state index is 0.142. The van der Waals surface area contributed by atoms with Gasteiger partial charge in [0, 0.05) is 5.57 Å². The molecule has 0 atom stereocenters. The van der Waals surface area contributed by atoms with E-state index in [9.17, 15) is 0 Å². The summed E-state index contributed by atoms with van der Waals surface area (Å²) in [6.07, 6.45) is 5.00. The topological polar surface area (TPSA) is 83.4 Å². The first kappa shape index (κ1) is 18.3. The predicted octanol–water partition coefficient (Wildman–Crippen LogP) is 4.59. The van der Waals surface area contributed by atoms with Crippen molar-refractivity contribution in [2.45, 2.75) is 33.1 Å². The molecule has 2 aromatic rings. The number of ether oxygens (including phenoxy) is 1. The van der Waals surface area contributed by atoms with Gasteiger partial charge in [0.15, 0.2) is 0 Å². The van der Waals surface area contributed by atoms with E-state index in [2.05, 4.69) is 29.0 Å². The summed E-state index contributed by atoms with van der Waals surface area (Å²) in [5.74, 6) is 1.32. The zero-order valence-corrected chi connectivity index (χ0v) is 14.6. The molecular formula is C19H22N4O2. The van der Waals surface area contributed by atoms with Gasteiger partial charge in [-0.25, -0.2) is 5.43 Å². The van der Waals surface area contributed by atoms with Crippen LogP contribution in [0.15, 0.2) is 40.4 Å². The lowest BCUT2D eigenvalue weighted by atomic mass is 10.2. The fraction of sp³-hybridized carbons (Fsp3) is 0.316. The zero-order valence-electron chi connectivity index (χ0n) is 14.6. The van der Waals surface area contributed by atoms with Crippen LogP contribution >= 0.6 is 0 Å². The minimum Gasteiger partial charge on any atom is -0.494 e. The second kappa shape index (κ2) is 9.28. The van der Waals surface area contributed by atoms with Gasteiger partial charge in [-0.3, -0.25) is 0 Å². The minimum absolute atomic E-state index is 0.142. The highest BCUT2D eigenvalue weighted by molar-refractivity contribution is 5.80.